The number of carboxylic acid groups (broad SMARTS) is 1. The van der Waals surface area contributed by atoms with Crippen LogP contribution in [0.5, 0.6) is 5.75 Å². The van der Waals surface area contributed by atoms with Crippen molar-refractivity contribution in [2.45, 2.75) is 6.42 Å². The first-order valence-electron chi connectivity index (χ1n) is 7.40. The lowest BCUT2D eigenvalue weighted by molar-refractivity contribution is -0.148. The number of carbonyl (C=O) groups excluding carboxylic acids is 2. The second-order valence-electron chi connectivity index (χ2n) is 5.50. The van der Waals surface area contributed by atoms with E-state index >= 15 is 0 Å². The molecule has 126 valence electrons. The van der Waals surface area contributed by atoms with Crippen molar-refractivity contribution in [3.8, 4) is 5.75 Å². The van der Waals surface area contributed by atoms with Gasteiger partial charge in [-0.05, 0) is 40.4 Å². The van der Waals surface area contributed by atoms with E-state index in [1.54, 1.807) is 24.3 Å². The van der Waals surface area contributed by atoms with Gasteiger partial charge in [0.25, 0.3) is 0 Å². The molecule has 5 nitrogen and oxygen atoms in total. The highest BCUT2D eigenvalue weighted by molar-refractivity contribution is 6.38. The Morgan fingerprint density at radius 3 is 2.52 bits per heavy atom. The van der Waals surface area contributed by atoms with Crippen LogP contribution in [0.3, 0.4) is 0 Å². The Morgan fingerprint density at radius 1 is 1.08 bits per heavy atom. The van der Waals surface area contributed by atoms with Crippen molar-refractivity contribution in [3.05, 3.63) is 53.8 Å². The molecule has 0 aromatic heterocycles. The van der Waals surface area contributed by atoms with Gasteiger partial charge in [0, 0.05) is 10.9 Å². The zero-order chi connectivity index (χ0) is 18.1. The van der Waals surface area contributed by atoms with Gasteiger partial charge in [0.1, 0.15) is 11.6 Å². The summed E-state index contributed by atoms with van der Waals surface area (Å²) in [7, 11) is 1.50. The number of fused-ring (bicyclic) bond motifs is 3. The molecule has 0 unspecified atom stereocenters. The molecule has 0 radical (unpaired) electrons. The summed E-state index contributed by atoms with van der Waals surface area (Å²) in [5, 5.41) is 10.6. The van der Waals surface area contributed by atoms with Gasteiger partial charge in [-0.15, -0.1) is 0 Å². The van der Waals surface area contributed by atoms with Crippen LogP contribution in [0.25, 0.3) is 21.5 Å². The van der Waals surface area contributed by atoms with Gasteiger partial charge in [0.05, 0.1) is 13.5 Å². The SMILES string of the molecule is COc1ccc2c(c1)cc(C(=O)CC(=O)C(=O)O)c1c(F)cccc12. The number of benzene rings is 3. The van der Waals surface area contributed by atoms with Crippen molar-refractivity contribution in [2.75, 3.05) is 7.11 Å². The maximum atomic E-state index is 14.4. The minimum atomic E-state index is -1.69. The fourth-order valence-electron chi connectivity index (χ4n) is 2.82. The van der Waals surface area contributed by atoms with E-state index in [9.17, 15) is 18.8 Å². The molecule has 0 atom stereocenters. The Labute approximate surface area is 141 Å². The normalized spacial score (nSPS) is 10.8. The lowest BCUT2D eigenvalue weighted by atomic mass is 9.93. The predicted molar refractivity (Wildman–Crippen MR) is 89.6 cm³/mol. The van der Waals surface area contributed by atoms with Crippen molar-refractivity contribution >= 4 is 39.1 Å². The van der Waals surface area contributed by atoms with Crippen molar-refractivity contribution < 1.29 is 28.6 Å². The van der Waals surface area contributed by atoms with E-state index in [0.717, 1.165) is 5.39 Å². The minimum Gasteiger partial charge on any atom is -0.497 e. The van der Waals surface area contributed by atoms with Gasteiger partial charge in [-0.2, -0.15) is 0 Å². The Morgan fingerprint density at radius 2 is 1.84 bits per heavy atom. The zero-order valence-electron chi connectivity index (χ0n) is 13.2. The number of aliphatic carboxylic acids is 1. The molecule has 1 N–H and O–H groups in total. The molecule has 25 heavy (non-hydrogen) atoms. The summed E-state index contributed by atoms with van der Waals surface area (Å²) in [6.45, 7) is 0. The largest absolute Gasteiger partial charge is 0.497 e. The summed E-state index contributed by atoms with van der Waals surface area (Å²) in [5.74, 6) is -3.72. The number of halogens is 1. The smallest absolute Gasteiger partial charge is 0.372 e. The summed E-state index contributed by atoms with van der Waals surface area (Å²) in [6, 6.07) is 11.0. The van der Waals surface area contributed by atoms with Gasteiger partial charge in [-0.1, -0.05) is 18.2 Å². The standard InChI is InChI=1S/C19H13FO5/c1-25-11-5-6-12-10(7-11)8-14(16(21)9-17(22)19(23)24)18-13(12)3-2-4-15(18)20/h2-8H,9H2,1H3,(H,23,24). The van der Waals surface area contributed by atoms with E-state index < -0.39 is 29.8 Å². The molecule has 0 heterocycles. The second kappa shape index (κ2) is 6.32. The maximum absolute atomic E-state index is 14.4. The molecule has 0 aliphatic heterocycles. The third-order valence-electron chi connectivity index (χ3n) is 3.99. The number of rotatable bonds is 5. The number of hydrogen-bond donors (Lipinski definition) is 1. The number of ether oxygens (including phenoxy) is 1. The van der Waals surface area contributed by atoms with Crippen LogP contribution in [0.15, 0.2) is 42.5 Å². The molecule has 0 saturated carbocycles. The first-order chi connectivity index (χ1) is 11.9. The van der Waals surface area contributed by atoms with Gasteiger partial charge < -0.3 is 9.84 Å². The van der Waals surface area contributed by atoms with Crippen molar-refractivity contribution in [2.24, 2.45) is 0 Å². The van der Waals surface area contributed by atoms with Crippen LogP contribution < -0.4 is 4.74 Å². The van der Waals surface area contributed by atoms with Crippen LogP contribution in [0, 0.1) is 5.82 Å². The number of Topliss-reactive ketones (excluding diaryl/α,β-unsaturated/α-hetero) is 2. The topological polar surface area (TPSA) is 80.7 Å². The quantitative estimate of drug-likeness (QED) is 0.333. The Bertz CT molecular complexity index is 1040. The zero-order valence-corrected chi connectivity index (χ0v) is 13.2. The third-order valence-corrected chi connectivity index (χ3v) is 3.99. The first kappa shape index (κ1) is 16.6. The Balaban J connectivity index is 2.29. The number of carboxylic acids is 1. The summed E-state index contributed by atoms with van der Waals surface area (Å²) < 4.78 is 19.6. The highest BCUT2D eigenvalue weighted by atomic mass is 19.1. The molecule has 0 aliphatic rings. The third kappa shape index (κ3) is 2.94. The number of methoxy groups -OCH3 is 1. The van der Waals surface area contributed by atoms with Gasteiger partial charge in [-0.25, -0.2) is 9.18 Å². The van der Waals surface area contributed by atoms with Crippen LogP contribution >= 0.6 is 0 Å². The molecule has 0 bridgehead atoms. The molecule has 0 fully saturated rings. The molecule has 3 rings (SSSR count). The molecular weight excluding hydrogens is 327 g/mol. The van der Waals surface area contributed by atoms with E-state index in [0.29, 0.717) is 16.5 Å². The average molecular weight is 340 g/mol. The summed E-state index contributed by atoms with van der Waals surface area (Å²) in [4.78, 5) is 34.5. The lowest BCUT2D eigenvalue weighted by Gasteiger charge is -2.11. The van der Waals surface area contributed by atoms with Gasteiger partial charge in [-0.3, -0.25) is 9.59 Å². The lowest BCUT2D eigenvalue weighted by Crippen LogP contribution is -2.17. The summed E-state index contributed by atoms with van der Waals surface area (Å²) in [6.07, 6.45) is -0.825. The number of ketones is 2. The monoisotopic (exact) mass is 340 g/mol. The van der Waals surface area contributed by atoms with Crippen LogP contribution in [-0.4, -0.2) is 29.8 Å². The number of hydrogen-bond acceptors (Lipinski definition) is 4. The van der Waals surface area contributed by atoms with Gasteiger partial charge in [0.15, 0.2) is 5.78 Å². The Kier molecular flexibility index (Phi) is 4.19. The molecule has 0 saturated heterocycles. The highest BCUT2D eigenvalue weighted by Crippen LogP contribution is 2.33. The van der Waals surface area contributed by atoms with E-state index in [2.05, 4.69) is 0 Å². The van der Waals surface area contributed by atoms with E-state index in [4.69, 9.17) is 9.84 Å². The van der Waals surface area contributed by atoms with E-state index in [1.807, 2.05) is 0 Å². The Hall–Kier alpha value is -3.28. The second-order valence-corrected chi connectivity index (χ2v) is 5.50. The molecule has 6 heteroatoms. The average Bonchev–Trinajstić information content (AvgIpc) is 2.60. The van der Waals surface area contributed by atoms with Crippen LogP contribution in [-0.2, 0) is 9.59 Å². The van der Waals surface area contributed by atoms with Crippen molar-refractivity contribution in [3.63, 3.8) is 0 Å². The fraction of sp³-hybridized carbons (Fsp3) is 0.105. The molecule has 0 amide bonds. The molecule has 3 aromatic carbocycles. The maximum Gasteiger partial charge on any atom is 0.372 e. The summed E-state index contributed by atoms with van der Waals surface area (Å²) >= 11 is 0. The fourth-order valence-corrected chi connectivity index (χ4v) is 2.82. The molecular formula is C19H13FO5. The highest BCUT2D eigenvalue weighted by Gasteiger charge is 2.22. The van der Waals surface area contributed by atoms with Gasteiger partial charge >= 0.3 is 5.97 Å². The number of carbonyl (C=O) groups is 3. The van der Waals surface area contributed by atoms with E-state index in [1.165, 1.54) is 25.3 Å². The van der Waals surface area contributed by atoms with E-state index in [-0.39, 0.29) is 10.9 Å². The van der Waals surface area contributed by atoms with Crippen LogP contribution in [0.2, 0.25) is 0 Å². The minimum absolute atomic E-state index is 0.0246. The predicted octanol–water partition coefficient (Wildman–Crippen LogP) is 3.37. The van der Waals surface area contributed by atoms with Crippen LogP contribution in [0.1, 0.15) is 16.8 Å². The van der Waals surface area contributed by atoms with Crippen molar-refractivity contribution in [1.82, 2.24) is 0 Å². The van der Waals surface area contributed by atoms with Gasteiger partial charge in [0.2, 0.25) is 5.78 Å². The van der Waals surface area contributed by atoms with Crippen molar-refractivity contribution in [1.29, 1.82) is 0 Å². The summed E-state index contributed by atoms with van der Waals surface area (Å²) in [5.41, 5.74) is -0.0246. The first-order valence-corrected chi connectivity index (χ1v) is 7.40. The van der Waals surface area contributed by atoms with Crippen LogP contribution in [0.4, 0.5) is 4.39 Å². The molecule has 0 aliphatic carbocycles. The molecule has 0 spiro atoms. The molecule has 3 aromatic rings.